The lowest BCUT2D eigenvalue weighted by molar-refractivity contribution is -0.117. The summed E-state index contributed by atoms with van der Waals surface area (Å²) in [7, 11) is -3.99. The SMILES string of the molecule is CC1=C(C(=O)NCCOc2ccc(C(=O)NO)cc2)NS(=O)(=O)c2cccc3oc1cc23. The number of sulfonamides is 1. The second kappa shape index (κ2) is 8.36. The van der Waals surface area contributed by atoms with Crippen molar-refractivity contribution in [2.45, 2.75) is 11.8 Å². The van der Waals surface area contributed by atoms with E-state index in [0.717, 1.165) is 0 Å². The summed E-state index contributed by atoms with van der Waals surface area (Å²) in [6.07, 6.45) is 0. The van der Waals surface area contributed by atoms with Crippen molar-refractivity contribution in [3.05, 3.63) is 65.6 Å². The van der Waals surface area contributed by atoms with Crippen LogP contribution in [0.3, 0.4) is 0 Å². The molecule has 10 nitrogen and oxygen atoms in total. The van der Waals surface area contributed by atoms with Crippen LogP contribution in [0.1, 0.15) is 23.0 Å². The van der Waals surface area contributed by atoms with E-state index in [-0.39, 0.29) is 29.3 Å². The lowest BCUT2D eigenvalue weighted by Crippen LogP contribution is -2.37. The van der Waals surface area contributed by atoms with Crippen LogP contribution in [0.5, 0.6) is 5.75 Å². The highest BCUT2D eigenvalue weighted by molar-refractivity contribution is 7.90. The molecule has 0 atom stereocenters. The van der Waals surface area contributed by atoms with Crippen molar-refractivity contribution >= 4 is 38.4 Å². The Bertz CT molecular complexity index is 1340. The molecule has 0 fully saturated rings. The molecule has 2 bridgehead atoms. The van der Waals surface area contributed by atoms with Crippen molar-refractivity contribution < 1.29 is 32.4 Å². The number of fused-ring (bicyclic) bond motifs is 1. The van der Waals surface area contributed by atoms with Gasteiger partial charge in [0.1, 0.15) is 29.4 Å². The van der Waals surface area contributed by atoms with Gasteiger partial charge in [-0.25, -0.2) is 13.9 Å². The van der Waals surface area contributed by atoms with E-state index in [0.29, 0.717) is 28.1 Å². The Morgan fingerprint density at radius 2 is 1.88 bits per heavy atom. The number of furan rings is 1. The van der Waals surface area contributed by atoms with Crippen LogP contribution in [-0.2, 0) is 14.8 Å². The highest BCUT2D eigenvalue weighted by Crippen LogP contribution is 2.33. The third-order valence-electron chi connectivity index (χ3n) is 4.89. The minimum absolute atomic E-state index is 0.0319. The molecule has 166 valence electrons. The topological polar surface area (TPSA) is 147 Å². The molecule has 0 saturated carbocycles. The van der Waals surface area contributed by atoms with Gasteiger partial charge in [0.15, 0.2) is 0 Å². The summed E-state index contributed by atoms with van der Waals surface area (Å²) in [4.78, 5) is 24.1. The number of hydroxylamine groups is 1. The molecule has 2 amide bonds. The van der Waals surface area contributed by atoms with Gasteiger partial charge in [0, 0.05) is 16.5 Å². The molecule has 0 radical (unpaired) electrons. The van der Waals surface area contributed by atoms with Crippen molar-refractivity contribution in [1.29, 1.82) is 0 Å². The molecule has 0 spiro atoms. The highest BCUT2D eigenvalue weighted by Gasteiger charge is 2.28. The molecule has 0 aliphatic carbocycles. The Hall–Kier alpha value is -3.83. The van der Waals surface area contributed by atoms with Crippen molar-refractivity contribution in [3.63, 3.8) is 0 Å². The molecule has 0 saturated heterocycles. The van der Waals surface area contributed by atoms with Crippen LogP contribution in [0.25, 0.3) is 16.5 Å². The quantitative estimate of drug-likeness (QED) is 0.251. The Morgan fingerprint density at radius 1 is 1.12 bits per heavy atom. The molecule has 4 rings (SSSR count). The Morgan fingerprint density at radius 3 is 2.59 bits per heavy atom. The molecule has 32 heavy (non-hydrogen) atoms. The average molecular weight is 457 g/mol. The zero-order valence-electron chi connectivity index (χ0n) is 16.8. The molecule has 1 aliphatic heterocycles. The van der Waals surface area contributed by atoms with Crippen LogP contribution >= 0.6 is 0 Å². The fourth-order valence-corrected chi connectivity index (χ4v) is 4.58. The molecule has 1 aromatic heterocycles. The van der Waals surface area contributed by atoms with Gasteiger partial charge in [-0.3, -0.25) is 19.5 Å². The first-order valence-corrected chi connectivity index (χ1v) is 11.0. The van der Waals surface area contributed by atoms with Crippen LogP contribution in [0.2, 0.25) is 0 Å². The van der Waals surface area contributed by atoms with E-state index in [1.54, 1.807) is 25.1 Å². The van der Waals surface area contributed by atoms with Crippen molar-refractivity contribution in [2.75, 3.05) is 13.2 Å². The largest absolute Gasteiger partial charge is 0.492 e. The standard InChI is InChI=1S/C21H19N3O7S/c1-12-17-11-15-16(31-17)3-2-4-18(15)32(28,29)24-19(12)21(26)22-9-10-30-14-7-5-13(6-8-14)20(25)23-27/h2-8,11,24,27H,9-10H2,1H3,(H,22,26)(H,23,25). The van der Waals surface area contributed by atoms with Gasteiger partial charge in [-0.15, -0.1) is 0 Å². The summed E-state index contributed by atoms with van der Waals surface area (Å²) in [5.74, 6) is -0.429. The third kappa shape index (κ3) is 4.03. The fraction of sp³-hybridized carbons (Fsp3) is 0.143. The number of nitrogens with one attached hydrogen (secondary N) is 3. The summed E-state index contributed by atoms with van der Waals surface area (Å²) in [6.45, 7) is 1.79. The molecular formula is C21H19N3O7S. The second-order valence-electron chi connectivity index (χ2n) is 6.95. The first kappa shape index (κ1) is 21.4. The van der Waals surface area contributed by atoms with Crippen molar-refractivity contribution in [3.8, 4) is 5.75 Å². The summed E-state index contributed by atoms with van der Waals surface area (Å²) >= 11 is 0. The Labute approximate surface area is 182 Å². The lowest BCUT2D eigenvalue weighted by Gasteiger charge is -2.16. The van der Waals surface area contributed by atoms with Crippen molar-refractivity contribution in [2.24, 2.45) is 0 Å². The normalized spacial score (nSPS) is 14.4. The molecule has 3 aromatic rings. The number of rotatable bonds is 6. The van der Waals surface area contributed by atoms with E-state index < -0.39 is 21.8 Å². The van der Waals surface area contributed by atoms with Gasteiger partial charge < -0.3 is 14.5 Å². The summed E-state index contributed by atoms with van der Waals surface area (Å²) in [5.41, 5.74) is 2.42. The van der Waals surface area contributed by atoms with Crippen LogP contribution in [0.4, 0.5) is 0 Å². The zero-order chi connectivity index (χ0) is 22.9. The number of hydrogen-bond donors (Lipinski definition) is 4. The maximum Gasteiger partial charge on any atom is 0.274 e. The molecule has 11 heteroatoms. The van der Waals surface area contributed by atoms with E-state index >= 15 is 0 Å². The number of hydrogen-bond acceptors (Lipinski definition) is 7. The van der Waals surface area contributed by atoms with E-state index in [9.17, 15) is 18.0 Å². The van der Waals surface area contributed by atoms with Crippen molar-refractivity contribution in [1.82, 2.24) is 15.5 Å². The van der Waals surface area contributed by atoms with Gasteiger partial charge in [0.2, 0.25) is 0 Å². The molecule has 2 aromatic carbocycles. The zero-order valence-corrected chi connectivity index (χ0v) is 17.7. The van der Waals surface area contributed by atoms with Gasteiger partial charge >= 0.3 is 0 Å². The smallest absolute Gasteiger partial charge is 0.274 e. The van der Waals surface area contributed by atoms with Crippen LogP contribution in [0.15, 0.2) is 63.5 Å². The van der Waals surface area contributed by atoms with E-state index in [2.05, 4.69) is 10.0 Å². The average Bonchev–Trinajstić information content (AvgIpc) is 3.23. The van der Waals surface area contributed by atoms with Gasteiger partial charge in [0.25, 0.3) is 21.8 Å². The van der Waals surface area contributed by atoms with E-state index in [1.807, 2.05) is 0 Å². The first-order valence-electron chi connectivity index (χ1n) is 9.52. The number of benzene rings is 2. The van der Waals surface area contributed by atoms with E-state index in [4.69, 9.17) is 14.4 Å². The Balaban J connectivity index is 1.44. The summed E-state index contributed by atoms with van der Waals surface area (Å²) in [6, 6.07) is 12.3. The second-order valence-corrected chi connectivity index (χ2v) is 8.60. The number of ether oxygens (including phenoxy) is 1. The maximum absolute atomic E-state index is 12.8. The lowest BCUT2D eigenvalue weighted by atomic mass is 10.1. The first-order chi connectivity index (χ1) is 15.3. The molecule has 1 aliphatic rings. The van der Waals surface area contributed by atoms with Gasteiger partial charge in [-0.05, 0) is 49.4 Å². The van der Waals surface area contributed by atoms with Crippen LogP contribution < -0.4 is 20.3 Å². The van der Waals surface area contributed by atoms with Gasteiger partial charge in [-0.2, -0.15) is 0 Å². The fourth-order valence-electron chi connectivity index (χ4n) is 3.25. The van der Waals surface area contributed by atoms with Gasteiger partial charge in [-0.1, -0.05) is 6.07 Å². The minimum atomic E-state index is -3.99. The molecule has 0 unspecified atom stereocenters. The van der Waals surface area contributed by atoms with Gasteiger partial charge in [0.05, 0.1) is 11.4 Å². The molecule has 4 N–H and O–H groups in total. The monoisotopic (exact) mass is 457 g/mol. The predicted molar refractivity (Wildman–Crippen MR) is 113 cm³/mol. The number of allylic oxidation sites excluding steroid dienone is 1. The Kier molecular flexibility index (Phi) is 5.59. The molecular weight excluding hydrogens is 438 g/mol. The number of carbonyl (C=O) groups excluding carboxylic acids is 2. The predicted octanol–water partition coefficient (Wildman–Crippen LogP) is 1.77. The molecule has 2 heterocycles. The minimum Gasteiger partial charge on any atom is -0.492 e. The third-order valence-corrected chi connectivity index (χ3v) is 6.30. The highest BCUT2D eigenvalue weighted by atomic mass is 32.2. The number of amides is 2. The van der Waals surface area contributed by atoms with E-state index in [1.165, 1.54) is 35.8 Å². The van der Waals surface area contributed by atoms with Crippen LogP contribution in [0, 0.1) is 0 Å². The maximum atomic E-state index is 12.8. The summed E-state index contributed by atoms with van der Waals surface area (Å²) < 4.78 is 39.2. The van der Waals surface area contributed by atoms with Crippen LogP contribution in [-0.4, -0.2) is 38.6 Å². The number of carbonyl (C=O) groups is 2. The summed E-state index contributed by atoms with van der Waals surface area (Å²) in [5, 5.41) is 11.7.